The maximum Gasteiger partial charge on any atom is 0.433 e. The van der Waals surface area contributed by atoms with Crippen LogP contribution in [0.5, 0.6) is 0 Å². The molecule has 0 saturated carbocycles. The Morgan fingerprint density at radius 2 is 1.52 bits per heavy atom. The molecule has 0 heterocycles. The van der Waals surface area contributed by atoms with Crippen molar-refractivity contribution >= 4 is 17.1 Å². The number of hydrogen-bond donors (Lipinski definition) is 1. The number of hydrogen-bond acceptors (Lipinski definition) is 2. The molecule has 2 aromatic carbocycles. The molecular weight excluding hydrogens is 301 g/mol. The summed E-state index contributed by atoms with van der Waals surface area (Å²) in [4.78, 5) is 3.84. The molecule has 23 heavy (non-hydrogen) atoms. The maximum atomic E-state index is 13.4. The van der Waals surface area contributed by atoms with Gasteiger partial charge in [0.05, 0.1) is 11.4 Å². The number of halogens is 3. The van der Waals surface area contributed by atoms with Crippen LogP contribution in [0.3, 0.4) is 0 Å². The van der Waals surface area contributed by atoms with Crippen LogP contribution in [-0.2, 0) is 5.41 Å². The summed E-state index contributed by atoms with van der Waals surface area (Å²) in [6, 6.07) is 12.5. The molecule has 0 aromatic heterocycles. The number of alkyl halides is 3. The molecule has 0 spiro atoms. The van der Waals surface area contributed by atoms with Gasteiger partial charge in [0.25, 0.3) is 0 Å². The lowest BCUT2D eigenvalue weighted by Crippen LogP contribution is -2.24. The van der Waals surface area contributed by atoms with Crippen LogP contribution in [-0.4, -0.2) is 11.9 Å². The molecule has 0 aliphatic heterocycles. The van der Waals surface area contributed by atoms with Crippen molar-refractivity contribution in [3.05, 3.63) is 59.7 Å². The Bertz CT molecular complexity index is 711. The summed E-state index contributed by atoms with van der Waals surface area (Å²) in [6.45, 7) is 5.86. The first-order chi connectivity index (χ1) is 10.6. The van der Waals surface area contributed by atoms with Gasteiger partial charge in [-0.2, -0.15) is 13.2 Å². The Labute approximate surface area is 133 Å². The third-order valence-electron chi connectivity index (χ3n) is 3.44. The standard InChI is InChI=1S/C18H19F3N2/c1-17(2,3)13-10-7-11-14(15(13)22)23-16(18(19,20)21)12-8-5-4-6-9-12/h4-11H,22H2,1-3H3. The van der Waals surface area contributed by atoms with Crippen molar-refractivity contribution in [1.29, 1.82) is 0 Å². The number of nitrogens with two attached hydrogens (primary N) is 1. The van der Waals surface area contributed by atoms with E-state index in [0.717, 1.165) is 5.56 Å². The summed E-state index contributed by atoms with van der Waals surface area (Å²) < 4.78 is 40.2. The van der Waals surface area contributed by atoms with Gasteiger partial charge in [0.2, 0.25) is 0 Å². The maximum absolute atomic E-state index is 13.4. The Morgan fingerprint density at radius 3 is 2.04 bits per heavy atom. The minimum atomic E-state index is -4.56. The third-order valence-corrected chi connectivity index (χ3v) is 3.44. The smallest absolute Gasteiger partial charge is 0.397 e. The monoisotopic (exact) mass is 320 g/mol. The minimum Gasteiger partial charge on any atom is -0.397 e. The van der Waals surface area contributed by atoms with Crippen LogP contribution >= 0.6 is 0 Å². The molecule has 2 rings (SSSR count). The molecule has 0 unspecified atom stereocenters. The Balaban J connectivity index is 2.62. The predicted octanol–water partition coefficient (Wildman–Crippen LogP) is 5.25. The van der Waals surface area contributed by atoms with Crippen molar-refractivity contribution in [3.63, 3.8) is 0 Å². The van der Waals surface area contributed by atoms with Crippen molar-refractivity contribution < 1.29 is 13.2 Å². The van der Waals surface area contributed by atoms with Gasteiger partial charge in [-0.3, -0.25) is 0 Å². The van der Waals surface area contributed by atoms with Crippen molar-refractivity contribution in [2.45, 2.75) is 32.4 Å². The fourth-order valence-corrected chi connectivity index (χ4v) is 2.31. The minimum absolute atomic E-state index is 0.0144. The zero-order valence-corrected chi connectivity index (χ0v) is 13.3. The first kappa shape index (κ1) is 17.1. The number of nitrogen functional groups attached to an aromatic ring is 1. The van der Waals surface area contributed by atoms with E-state index in [1.54, 1.807) is 24.3 Å². The summed E-state index contributed by atoms with van der Waals surface area (Å²) in [5.41, 5.74) is 6.03. The largest absolute Gasteiger partial charge is 0.433 e. The van der Waals surface area contributed by atoms with Gasteiger partial charge in [0, 0.05) is 5.56 Å². The van der Waals surface area contributed by atoms with E-state index in [0.29, 0.717) is 0 Å². The Kier molecular flexibility index (Phi) is 4.50. The van der Waals surface area contributed by atoms with Crippen LogP contribution in [0.25, 0.3) is 0 Å². The average Bonchev–Trinajstić information content (AvgIpc) is 2.44. The van der Waals surface area contributed by atoms with Crippen LogP contribution in [0.4, 0.5) is 24.5 Å². The molecular formula is C18H19F3N2. The summed E-state index contributed by atoms with van der Waals surface area (Å²) in [5, 5.41) is 0. The molecule has 122 valence electrons. The lowest BCUT2D eigenvalue weighted by molar-refractivity contribution is -0.0579. The van der Waals surface area contributed by atoms with Gasteiger partial charge in [-0.25, -0.2) is 4.99 Å². The quantitative estimate of drug-likeness (QED) is 0.595. The Morgan fingerprint density at radius 1 is 0.913 bits per heavy atom. The average molecular weight is 320 g/mol. The summed E-state index contributed by atoms with van der Waals surface area (Å²) in [5.74, 6) is 0. The van der Waals surface area contributed by atoms with Crippen LogP contribution < -0.4 is 5.73 Å². The summed E-state index contributed by atoms with van der Waals surface area (Å²) in [7, 11) is 0. The number of rotatable bonds is 2. The number of nitrogens with zero attached hydrogens (tertiary/aromatic N) is 1. The van der Waals surface area contributed by atoms with E-state index in [1.807, 2.05) is 26.8 Å². The van der Waals surface area contributed by atoms with Crippen LogP contribution in [0.2, 0.25) is 0 Å². The molecule has 0 saturated heterocycles. The highest BCUT2D eigenvalue weighted by Gasteiger charge is 2.37. The zero-order chi connectivity index (χ0) is 17.3. The van der Waals surface area contributed by atoms with E-state index in [1.165, 1.54) is 18.2 Å². The predicted molar refractivity (Wildman–Crippen MR) is 88.2 cm³/mol. The van der Waals surface area contributed by atoms with E-state index in [9.17, 15) is 13.2 Å². The van der Waals surface area contributed by atoms with E-state index in [-0.39, 0.29) is 22.4 Å². The van der Waals surface area contributed by atoms with Crippen LogP contribution in [0.1, 0.15) is 31.9 Å². The first-order valence-electron chi connectivity index (χ1n) is 7.21. The van der Waals surface area contributed by atoms with Gasteiger partial charge in [0.15, 0.2) is 5.71 Å². The molecule has 0 aliphatic carbocycles. The molecule has 0 atom stereocenters. The van der Waals surface area contributed by atoms with Crippen molar-refractivity contribution in [1.82, 2.24) is 0 Å². The second kappa shape index (κ2) is 6.07. The molecule has 2 N–H and O–H groups in total. The molecule has 2 nitrogen and oxygen atoms in total. The van der Waals surface area contributed by atoms with E-state index in [4.69, 9.17) is 5.73 Å². The number of para-hydroxylation sites is 1. The summed E-state index contributed by atoms with van der Waals surface area (Å²) >= 11 is 0. The summed E-state index contributed by atoms with van der Waals surface area (Å²) in [6.07, 6.45) is -4.56. The van der Waals surface area contributed by atoms with Gasteiger partial charge in [-0.05, 0) is 17.0 Å². The molecule has 0 bridgehead atoms. The number of benzene rings is 2. The fraction of sp³-hybridized carbons (Fsp3) is 0.278. The highest BCUT2D eigenvalue weighted by Crippen LogP contribution is 2.35. The normalized spacial score (nSPS) is 13.2. The number of aliphatic imine (C=N–C) groups is 1. The van der Waals surface area contributed by atoms with Gasteiger partial charge < -0.3 is 5.73 Å². The van der Waals surface area contributed by atoms with Crippen LogP contribution in [0.15, 0.2) is 53.5 Å². The topological polar surface area (TPSA) is 38.4 Å². The zero-order valence-electron chi connectivity index (χ0n) is 13.3. The Hall–Kier alpha value is -2.30. The lowest BCUT2D eigenvalue weighted by Gasteiger charge is -2.22. The van der Waals surface area contributed by atoms with Gasteiger partial charge in [-0.15, -0.1) is 0 Å². The van der Waals surface area contributed by atoms with Crippen LogP contribution in [0, 0.1) is 0 Å². The highest BCUT2D eigenvalue weighted by molar-refractivity contribution is 6.06. The van der Waals surface area contributed by atoms with Gasteiger partial charge in [-0.1, -0.05) is 63.2 Å². The van der Waals surface area contributed by atoms with Crippen molar-refractivity contribution in [3.8, 4) is 0 Å². The molecule has 0 fully saturated rings. The fourth-order valence-electron chi connectivity index (χ4n) is 2.31. The molecule has 2 aromatic rings. The number of anilines is 1. The molecule has 5 heteroatoms. The lowest BCUT2D eigenvalue weighted by atomic mass is 9.85. The molecule has 0 radical (unpaired) electrons. The van der Waals surface area contributed by atoms with Gasteiger partial charge in [0.1, 0.15) is 0 Å². The highest BCUT2D eigenvalue weighted by atomic mass is 19.4. The van der Waals surface area contributed by atoms with Gasteiger partial charge >= 0.3 is 6.18 Å². The molecule has 0 amide bonds. The van der Waals surface area contributed by atoms with E-state index >= 15 is 0 Å². The SMILES string of the molecule is CC(C)(C)c1cccc(N=C(c2ccccc2)C(F)(F)F)c1N. The second-order valence-electron chi connectivity index (χ2n) is 6.31. The van der Waals surface area contributed by atoms with Crippen molar-refractivity contribution in [2.75, 3.05) is 5.73 Å². The van der Waals surface area contributed by atoms with E-state index in [2.05, 4.69) is 4.99 Å². The first-order valence-corrected chi connectivity index (χ1v) is 7.21. The molecule has 0 aliphatic rings. The third kappa shape index (κ3) is 3.92. The van der Waals surface area contributed by atoms with E-state index < -0.39 is 11.9 Å². The second-order valence-corrected chi connectivity index (χ2v) is 6.31. The van der Waals surface area contributed by atoms with Crippen molar-refractivity contribution in [2.24, 2.45) is 4.99 Å².